The molecule has 2 heteroatoms. The van der Waals surface area contributed by atoms with Crippen molar-refractivity contribution in [3.05, 3.63) is 29.8 Å². The van der Waals surface area contributed by atoms with Crippen LogP contribution in [0.25, 0.3) is 0 Å². The van der Waals surface area contributed by atoms with Gasteiger partial charge in [-0.3, -0.25) is 0 Å². The van der Waals surface area contributed by atoms with Crippen LogP contribution in [0.1, 0.15) is 69.8 Å². The monoisotopic (exact) mass is 303 g/mol. The molecule has 21 heavy (non-hydrogen) atoms. The van der Waals surface area contributed by atoms with Gasteiger partial charge in [0.15, 0.2) is 0 Å². The van der Waals surface area contributed by atoms with E-state index in [2.05, 4.69) is 31.2 Å². The van der Waals surface area contributed by atoms with Crippen LogP contribution >= 0.6 is 11.8 Å². The lowest BCUT2D eigenvalue weighted by atomic mass is 9.71. The number of thioether (sulfide) groups is 1. The minimum absolute atomic E-state index is 0.103. The fraction of sp³-hybridized carbons (Fsp3) is 0.684. The second kappa shape index (κ2) is 6.75. The van der Waals surface area contributed by atoms with Gasteiger partial charge in [0.25, 0.3) is 0 Å². The van der Waals surface area contributed by atoms with Gasteiger partial charge in [0, 0.05) is 16.2 Å². The van der Waals surface area contributed by atoms with Crippen molar-refractivity contribution < 1.29 is 0 Å². The Bertz CT molecular complexity index is 462. The van der Waals surface area contributed by atoms with E-state index in [0.29, 0.717) is 5.92 Å². The Labute approximate surface area is 134 Å². The predicted molar refractivity (Wildman–Crippen MR) is 92.9 cm³/mol. The smallest absolute Gasteiger partial charge is 0.0160 e. The molecule has 1 fully saturated rings. The lowest BCUT2D eigenvalue weighted by Crippen LogP contribution is -2.44. The molecule has 2 aliphatic rings. The van der Waals surface area contributed by atoms with Crippen molar-refractivity contribution in [3.63, 3.8) is 0 Å². The van der Waals surface area contributed by atoms with Crippen LogP contribution < -0.4 is 5.73 Å². The molecule has 1 saturated carbocycles. The number of benzene rings is 1. The van der Waals surface area contributed by atoms with Crippen LogP contribution in [0.15, 0.2) is 29.2 Å². The third-order valence-corrected chi connectivity index (χ3v) is 6.77. The van der Waals surface area contributed by atoms with Crippen LogP contribution in [0.4, 0.5) is 0 Å². The van der Waals surface area contributed by atoms with Crippen LogP contribution in [0.2, 0.25) is 0 Å². The summed E-state index contributed by atoms with van der Waals surface area (Å²) < 4.78 is 0. The maximum Gasteiger partial charge on any atom is 0.0160 e. The summed E-state index contributed by atoms with van der Waals surface area (Å²) in [6.07, 6.45) is 10.5. The highest BCUT2D eigenvalue weighted by Crippen LogP contribution is 2.45. The third kappa shape index (κ3) is 3.65. The lowest BCUT2D eigenvalue weighted by molar-refractivity contribution is 0.205. The molecular formula is C19H29NS. The second-order valence-corrected chi connectivity index (χ2v) is 8.26. The normalized spacial score (nSPS) is 32.1. The first-order valence-corrected chi connectivity index (χ1v) is 9.69. The molecule has 0 aromatic heterocycles. The number of fused-ring (bicyclic) bond motifs is 1. The summed E-state index contributed by atoms with van der Waals surface area (Å²) in [4.78, 5) is 1.49. The molecule has 0 spiro atoms. The summed E-state index contributed by atoms with van der Waals surface area (Å²) in [5, 5.41) is 0. The molecule has 1 aromatic carbocycles. The molecule has 0 amide bonds. The van der Waals surface area contributed by atoms with E-state index in [9.17, 15) is 0 Å². The topological polar surface area (TPSA) is 26.0 Å². The number of nitrogens with two attached hydrogens (primary N) is 1. The fourth-order valence-corrected chi connectivity index (χ4v) is 5.38. The van der Waals surface area contributed by atoms with E-state index in [-0.39, 0.29) is 5.54 Å². The number of rotatable bonds is 5. The molecule has 1 heterocycles. The summed E-state index contributed by atoms with van der Waals surface area (Å²) in [7, 11) is 0. The first-order chi connectivity index (χ1) is 10.2. The van der Waals surface area contributed by atoms with Gasteiger partial charge in [-0.05, 0) is 55.6 Å². The molecule has 1 aromatic rings. The minimum atomic E-state index is 0.103. The molecule has 0 radical (unpaired) electrons. The second-order valence-electron chi connectivity index (χ2n) is 7.20. The summed E-state index contributed by atoms with van der Waals surface area (Å²) in [5.41, 5.74) is 8.44. The van der Waals surface area contributed by atoms with E-state index in [1.807, 2.05) is 11.8 Å². The quantitative estimate of drug-likeness (QED) is 0.794. The van der Waals surface area contributed by atoms with E-state index in [1.165, 1.54) is 62.0 Å². The molecule has 0 bridgehead atoms. The van der Waals surface area contributed by atoms with Crippen LogP contribution in [0.5, 0.6) is 0 Å². The Kier molecular flexibility index (Phi) is 4.96. The van der Waals surface area contributed by atoms with Gasteiger partial charge in [-0.25, -0.2) is 0 Å². The Morgan fingerprint density at radius 2 is 2.00 bits per heavy atom. The largest absolute Gasteiger partial charge is 0.325 e. The number of hydrogen-bond acceptors (Lipinski definition) is 2. The van der Waals surface area contributed by atoms with Crippen molar-refractivity contribution in [2.24, 2.45) is 11.7 Å². The highest BCUT2D eigenvalue weighted by Gasteiger charge is 2.36. The van der Waals surface area contributed by atoms with Gasteiger partial charge in [0.1, 0.15) is 0 Å². The summed E-state index contributed by atoms with van der Waals surface area (Å²) in [5.74, 6) is 2.87. The van der Waals surface area contributed by atoms with Crippen molar-refractivity contribution in [1.82, 2.24) is 0 Å². The van der Waals surface area contributed by atoms with Gasteiger partial charge in [0.2, 0.25) is 0 Å². The summed E-state index contributed by atoms with van der Waals surface area (Å²) in [6, 6.07) is 8.93. The van der Waals surface area contributed by atoms with E-state index in [1.54, 1.807) is 5.56 Å². The molecule has 2 N–H and O–H groups in total. The van der Waals surface area contributed by atoms with Crippen LogP contribution in [-0.2, 0) is 0 Å². The molecule has 116 valence electrons. The minimum Gasteiger partial charge on any atom is -0.325 e. The van der Waals surface area contributed by atoms with Crippen molar-refractivity contribution in [1.29, 1.82) is 0 Å². The molecule has 3 rings (SSSR count). The maximum atomic E-state index is 6.78. The van der Waals surface area contributed by atoms with Gasteiger partial charge in [-0.15, -0.1) is 11.8 Å². The van der Waals surface area contributed by atoms with Gasteiger partial charge < -0.3 is 5.73 Å². The summed E-state index contributed by atoms with van der Waals surface area (Å²) >= 11 is 2.02. The Balaban J connectivity index is 1.56. The molecule has 1 aliphatic carbocycles. The maximum absolute atomic E-state index is 6.78. The predicted octanol–water partition coefficient (Wildman–Crippen LogP) is 5.34. The van der Waals surface area contributed by atoms with Gasteiger partial charge >= 0.3 is 0 Å². The molecule has 0 saturated heterocycles. The lowest BCUT2D eigenvalue weighted by Gasteiger charge is -2.39. The highest BCUT2D eigenvalue weighted by molar-refractivity contribution is 7.99. The Morgan fingerprint density at radius 1 is 1.24 bits per heavy atom. The van der Waals surface area contributed by atoms with Gasteiger partial charge in [-0.1, -0.05) is 44.4 Å². The molecule has 1 aliphatic heterocycles. The van der Waals surface area contributed by atoms with Gasteiger partial charge in [0.05, 0.1) is 0 Å². The number of hydrogen-bond donors (Lipinski definition) is 1. The molecule has 1 nitrogen and oxygen atoms in total. The van der Waals surface area contributed by atoms with E-state index in [4.69, 9.17) is 5.73 Å². The van der Waals surface area contributed by atoms with Crippen molar-refractivity contribution in [3.8, 4) is 0 Å². The Morgan fingerprint density at radius 3 is 2.76 bits per heavy atom. The van der Waals surface area contributed by atoms with E-state index in [0.717, 1.165) is 5.92 Å². The van der Waals surface area contributed by atoms with Crippen LogP contribution in [-0.4, -0.2) is 11.3 Å². The van der Waals surface area contributed by atoms with E-state index < -0.39 is 0 Å². The molecular weight excluding hydrogens is 274 g/mol. The third-order valence-electron chi connectivity index (χ3n) is 5.52. The zero-order chi connectivity index (χ0) is 14.7. The van der Waals surface area contributed by atoms with Crippen molar-refractivity contribution in [2.45, 2.75) is 74.6 Å². The van der Waals surface area contributed by atoms with Crippen molar-refractivity contribution >= 4 is 11.8 Å². The Hall–Kier alpha value is -0.470. The van der Waals surface area contributed by atoms with Crippen LogP contribution in [0.3, 0.4) is 0 Å². The molecule has 1 atom stereocenters. The zero-order valence-electron chi connectivity index (χ0n) is 13.3. The first kappa shape index (κ1) is 15.4. The average Bonchev–Trinajstić information content (AvgIpc) is 2.90. The highest BCUT2D eigenvalue weighted by atomic mass is 32.2. The summed E-state index contributed by atoms with van der Waals surface area (Å²) in [6.45, 7) is 2.30. The standard InChI is InChI=1S/C19H29NS/c1-2-3-6-15-9-11-19(20,12-10-15)13-16-14-21-18-8-5-4-7-17(16)18/h4-5,7-8,15-16H,2-3,6,9-14,20H2,1H3. The van der Waals surface area contributed by atoms with Gasteiger partial charge in [-0.2, -0.15) is 0 Å². The number of unbranched alkanes of at least 4 members (excludes halogenated alkanes) is 1. The fourth-order valence-electron chi connectivity index (χ4n) is 4.13. The SMILES string of the molecule is CCCCC1CCC(N)(CC2CSc3ccccc32)CC1. The first-order valence-electron chi connectivity index (χ1n) is 8.71. The van der Waals surface area contributed by atoms with Crippen LogP contribution in [0, 0.1) is 5.92 Å². The zero-order valence-corrected chi connectivity index (χ0v) is 14.1. The molecule has 1 unspecified atom stereocenters. The average molecular weight is 304 g/mol. The van der Waals surface area contributed by atoms with Crippen molar-refractivity contribution in [2.75, 3.05) is 5.75 Å². The van der Waals surface area contributed by atoms with E-state index >= 15 is 0 Å².